The van der Waals surface area contributed by atoms with E-state index in [1.807, 2.05) is 6.92 Å². The average Bonchev–Trinajstić information content (AvgIpc) is 2.99. The minimum absolute atomic E-state index is 0.195. The van der Waals surface area contributed by atoms with Gasteiger partial charge in [-0.05, 0) is 39.0 Å². The van der Waals surface area contributed by atoms with E-state index in [4.69, 9.17) is 4.74 Å². The Hall–Kier alpha value is -3.00. The molecule has 3 rings (SSSR count). The molecule has 7 nitrogen and oxygen atoms in total. The summed E-state index contributed by atoms with van der Waals surface area (Å²) >= 11 is 1.44. The molecule has 140 valence electrons. The molecule has 8 heteroatoms. The number of anilines is 1. The Morgan fingerprint density at radius 1 is 1.26 bits per heavy atom. The maximum atomic E-state index is 12.7. The van der Waals surface area contributed by atoms with Crippen molar-refractivity contribution < 1.29 is 14.3 Å². The van der Waals surface area contributed by atoms with Gasteiger partial charge in [0.15, 0.2) is 0 Å². The molecular weight excluding hydrogens is 366 g/mol. The smallest absolute Gasteiger partial charge is 0.340 e. The minimum Gasteiger partial charge on any atom is -0.462 e. The van der Waals surface area contributed by atoms with Gasteiger partial charge in [0, 0.05) is 4.88 Å². The molecule has 1 N–H and O–H groups in total. The van der Waals surface area contributed by atoms with E-state index in [2.05, 4.69) is 10.3 Å². The van der Waals surface area contributed by atoms with E-state index in [-0.39, 0.29) is 24.3 Å². The molecule has 0 bridgehead atoms. The maximum absolute atomic E-state index is 12.7. The van der Waals surface area contributed by atoms with Gasteiger partial charge in [-0.2, -0.15) is 0 Å². The van der Waals surface area contributed by atoms with E-state index in [1.165, 1.54) is 15.9 Å². The lowest BCUT2D eigenvalue weighted by atomic mass is 10.2. The summed E-state index contributed by atoms with van der Waals surface area (Å²) in [5.41, 5.74) is 0.349. The number of amides is 1. The Morgan fingerprint density at radius 3 is 2.74 bits per heavy atom. The highest BCUT2D eigenvalue weighted by molar-refractivity contribution is 7.18. The highest BCUT2D eigenvalue weighted by Gasteiger charge is 2.16. The third-order valence-electron chi connectivity index (χ3n) is 3.96. The van der Waals surface area contributed by atoms with E-state index < -0.39 is 11.9 Å². The van der Waals surface area contributed by atoms with Gasteiger partial charge in [-0.25, -0.2) is 9.78 Å². The third-order valence-corrected chi connectivity index (χ3v) is 4.91. The molecule has 2 heterocycles. The van der Waals surface area contributed by atoms with Crippen LogP contribution in [0.3, 0.4) is 0 Å². The van der Waals surface area contributed by atoms with Crippen molar-refractivity contribution >= 4 is 39.1 Å². The molecule has 0 saturated heterocycles. The number of carbonyl (C=O) groups is 2. The van der Waals surface area contributed by atoms with Crippen LogP contribution < -0.4 is 10.9 Å². The first kappa shape index (κ1) is 18.8. The number of aryl methyl sites for hydroxylation is 2. The van der Waals surface area contributed by atoms with Crippen molar-refractivity contribution in [1.29, 1.82) is 0 Å². The van der Waals surface area contributed by atoms with Crippen molar-refractivity contribution in [2.75, 3.05) is 11.9 Å². The third kappa shape index (κ3) is 3.90. The fourth-order valence-electron chi connectivity index (χ4n) is 2.74. The number of hydrogen-bond donors (Lipinski definition) is 1. The molecular formula is C19H19N3O4S. The van der Waals surface area contributed by atoms with Crippen LogP contribution in [-0.2, 0) is 16.1 Å². The summed E-state index contributed by atoms with van der Waals surface area (Å²) in [6, 6.07) is 8.36. The molecule has 2 aromatic heterocycles. The van der Waals surface area contributed by atoms with Gasteiger partial charge in [0.2, 0.25) is 5.91 Å². The standard InChI is InChI=1S/C19H19N3O4S/c1-4-26-19(25)13-7-5-6-8-15(13)21-16(23)10-22-12(3)20-17-14(18(22)24)9-11(2)27-17/h5-9H,4,10H2,1-3H3,(H,21,23). The first-order valence-electron chi connectivity index (χ1n) is 8.44. The average molecular weight is 385 g/mol. The summed E-state index contributed by atoms with van der Waals surface area (Å²) in [4.78, 5) is 43.3. The summed E-state index contributed by atoms with van der Waals surface area (Å²) in [6.07, 6.45) is 0. The van der Waals surface area contributed by atoms with Crippen molar-refractivity contribution in [2.45, 2.75) is 27.3 Å². The number of thiophene rings is 1. The van der Waals surface area contributed by atoms with Gasteiger partial charge < -0.3 is 10.1 Å². The number of para-hydroxylation sites is 1. The van der Waals surface area contributed by atoms with Crippen LogP contribution in [0.2, 0.25) is 0 Å². The second kappa shape index (κ2) is 7.71. The fourth-order valence-corrected chi connectivity index (χ4v) is 3.65. The van der Waals surface area contributed by atoms with Crippen LogP contribution in [0.1, 0.15) is 28.0 Å². The van der Waals surface area contributed by atoms with Gasteiger partial charge in [-0.3, -0.25) is 14.2 Å². The van der Waals surface area contributed by atoms with Gasteiger partial charge in [-0.1, -0.05) is 12.1 Å². The molecule has 0 saturated carbocycles. The number of ether oxygens (including phenoxy) is 1. The lowest BCUT2D eigenvalue weighted by Gasteiger charge is -2.12. The highest BCUT2D eigenvalue weighted by Crippen LogP contribution is 2.20. The Labute approximate surface area is 159 Å². The number of hydrogen-bond acceptors (Lipinski definition) is 6. The Bertz CT molecular complexity index is 1080. The van der Waals surface area contributed by atoms with E-state index >= 15 is 0 Å². The van der Waals surface area contributed by atoms with E-state index in [0.29, 0.717) is 21.7 Å². The molecule has 1 amide bonds. The predicted octanol–water partition coefficient (Wildman–Crippen LogP) is 2.89. The maximum Gasteiger partial charge on any atom is 0.340 e. The summed E-state index contributed by atoms with van der Waals surface area (Å²) in [7, 11) is 0. The molecule has 0 radical (unpaired) electrons. The highest BCUT2D eigenvalue weighted by atomic mass is 32.1. The Morgan fingerprint density at radius 2 is 2.00 bits per heavy atom. The van der Waals surface area contributed by atoms with Gasteiger partial charge in [0.1, 0.15) is 17.2 Å². The molecule has 3 aromatic rings. The second-order valence-electron chi connectivity index (χ2n) is 5.94. The summed E-state index contributed by atoms with van der Waals surface area (Å²) in [6.45, 7) is 5.35. The van der Waals surface area contributed by atoms with E-state index in [9.17, 15) is 14.4 Å². The van der Waals surface area contributed by atoms with Crippen molar-refractivity contribution in [3.05, 3.63) is 57.0 Å². The van der Waals surface area contributed by atoms with Crippen LogP contribution in [0.15, 0.2) is 35.1 Å². The van der Waals surface area contributed by atoms with E-state index in [0.717, 1.165) is 4.88 Å². The van der Waals surface area contributed by atoms with Crippen LogP contribution in [-0.4, -0.2) is 28.0 Å². The number of benzene rings is 1. The molecule has 27 heavy (non-hydrogen) atoms. The van der Waals surface area contributed by atoms with Gasteiger partial charge in [0.25, 0.3) is 5.56 Å². The first-order valence-corrected chi connectivity index (χ1v) is 9.26. The lowest BCUT2D eigenvalue weighted by Crippen LogP contribution is -2.30. The topological polar surface area (TPSA) is 90.3 Å². The quantitative estimate of drug-likeness (QED) is 0.682. The van der Waals surface area contributed by atoms with Gasteiger partial charge in [0.05, 0.1) is 23.2 Å². The monoisotopic (exact) mass is 385 g/mol. The summed E-state index contributed by atoms with van der Waals surface area (Å²) < 4.78 is 6.33. The second-order valence-corrected chi connectivity index (χ2v) is 7.18. The van der Waals surface area contributed by atoms with Crippen LogP contribution in [0.5, 0.6) is 0 Å². The number of esters is 1. The molecule has 0 aliphatic heterocycles. The lowest BCUT2D eigenvalue weighted by molar-refractivity contribution is -0.116. The molecule has 0 spiro atoms. The number of aromatic nitrogens is 2. The van der Waals surface area contributed by atoms with Gasteiger partial charge >= 0.3 is 5.97 Å². The summed E-state index contributed by atoms with van der Waals surface area (Å²) in [5.74, 6) is -0.480. The van der Waals surface area contributed by atoms with E-state index in [1.54, 1.807) is 44.2 Å². The number of rotatable bonds is 5. The number of fused-ring (bicyclic) bond motifs is 1. The number of carbonyl (C=O) groups excluding carboxylic acids is 2. The fraction of sp³-hybridized carbons (Fsp3) is 0.263. The van der Waals surface area contributed by atoms with Crippen LogP contribution in [0.4, 0.5) is 5.69 Å². The number of nitrogens with zero attached hydrogens (tertiary/aromatic N) is 2. The normalized spacial score (nSPS) is 10.8. The largest absolute Gasteiger partial charge is 0.462 e. The Balaban J connectivity index is 1.86. The van der Waals surface area contributed by atoms with Crippen molar-refractivity contribution in [2.24, 2.45) is 0 Å². The van der Waals surface area contributed by atoms with Crippen LogP contribution >= 0.6 is 11.3 Å². The number of nitrogens with one attached hydrogen (secondary N) is 1. The van der Waals surface area contributed by atoms with Crippen molar-refractivity contribution in [1.82, 2.24) is 9.55 Å². The molecule has 0 unspecified atom stereocenters. The molecule has 0 aliphatic carbocycles. The molecule has 0 atom stereocenters. The SMILES string of the molecule is CCOC(=O)c1ccccc1NC(=O)Cn1c(C)nc2sc(C)cc2c1=O. The zero-order valence-electron chi connectivity index (χ0n) is 15.2. The first-order chi connectivity index (χ1) is 12.9. The van der Waals surface area contributed by atoms with Gasteiger partial charge in [-0.15, -0.1) is 11.3 Å². The Kier molecular flexibility index (Phi) is 5.36. The van der Waals surface area contributed by atoms with Crippen LogP contribution in [0.25, 0.3) is 10.2 Å². The van der Waals surface area contributed by atoms with Crippen LogP contribution in [0, 0.1) is 13.8 Å². The molecule has 1 aromatic carbocycles. The van der Waals surface area contributed by atoms with Crippen molar-refractivity contribution in [3.63, 3.8) is 0 Å². The predicted molar refractivity (Wildman–Crippen MR) is 104 cm³/mol. The zero-order valence-corrected chi connectivity index (χ0v) is 16.1. The summed E-state index contributed by atoms with van der Waals surface area (Å²) in [5, 5.41) is 3.18. The molecule has 0 fully saturated rings. The zero-order chi connectivity index (χ0) is 19.6. The van der Waals surface area contributed by atoms with Crippen molar-refractivity contribution in [3.8, 4) is 0 Å². The minimum atomic E-state index is -0.515. The molecule has 0 aliphatic rings.